The highest BCUT2D eigenvalue weighted by Crippen LogP contribution is 2.25. The number of benzene rings is 1. The van der Waals surface area contributed by atoms with Gasteiger partial charge in [0.25, 0.3) is 11.6 Å². The normalized spacial score (nSPS) is 18.9. The van der Waals surface area contributed by atoms with Crippen molar-refractivity contribution in [3.8, 4) is 0 Å². The summed E-state index contributed by atoms with van der Waals surface area (Å²) in [5, 5.41) is 11.2. The minimum Gasteiger partial charge on any atom is -0.373 e. The number of nitrogens with zero attached hydrogens (tertiary/aromatic N) is 2. The minimum atomic E-state index is -0.613. The SMILES string of the molecule is O=C(c1ccc(Cl)cc1[N+](=O)[O-])N1CCOC(CCl)C1. The van der Waals surface area contributed by atoms with Crippen LogP contribution in [0, 0.1) is 10.1 Å². The zero-order chi connectivity index (χ0) is 14.7. The first kappa shape index (κ1) is 15.0. The summed E-state index contributed by atoms with van der Waals surface area (Å²) in [5.74, 6) is -0.140. The Labute approximate surface area is 125 Å². The molecule has 1 fully saturated rings. The lowest BCUT2D eigenvalue weighted by Crippen LogP contribution is -2.46. The van der Waals surface area contributed by atoms with Crippen LogP contribution in [0.5, 0.6) is 0 Å². The number of halogens is 2. The number of hydrogen-bond acceptors (Lipinski definition) is 4. The lowest BCUT2D eigenvalue weighted by atomic mass is 10.1. The molecule has 1 saturated heterocycles. The number of carbonyl (C=O) groups is 1. The van der Waals surface area contributed by atoms with Crippen molar-refractivity contribution >= 4 is 34.8 Å². The molecule has 0 bridgehead atoms. The van der Waals surface area contributed by atoms with Crippen molar-refractivity contribution in [3.63, 3.8) is 0 Å². The third-order valence-corrected chi connectivity index (χ3v) is 3.56. The van der Waals surface area contributed by atoms with Gasteiger partial charge in [-0.15, -0.1) is 11.6 Å². The third kappa shape index (κ3) is 3.20. The number of amides is 1. The van der Waals surface area contributed by atoms with Gasteiger partial charge in [-0.2, -0.15) is 0 Å². The fourth-order valence-corrected chi connectivity index (χ4v) is 2.36. The van der Waals surface area contributed by atoms with Crippen molar-refractivity contribution in [2.24, 2.45) is 0 Å². The van der Waals surface area contributed by atoms with Crippen LogP contribution < -0.4 is 0 Å². The number of hydrogen-bond donors (Lipinski definition) is 0. The van der Waals surface area contributed by atoms with Gasteiger partial charge in [0.1, 0.15) is 5.56 Å². The maximum Gasteiger partial charge on any atom is 0.283 e. The molecule has 20 heavy (non-hydrogen) atoms. The lowest BCUT2D eigenvalue weighted by molar-refractivity contribution is -0.385. The molecule has 0 saturated carbocycles. The summed E-state index contributed by atoms with van der Waals surface area (Å²) in [6.07, 6.45) is -0.249. The quantitative estimate of drug-likeness (QED) is 0.487. The molecule has 1 aliphatic heterocycles. The summed E-state index contributed by atoms with van der Waals surface area (Å²) in [7, 11) is 0. The number of morpholine rings is 1. The largest absolute Gasteiger partial charge is 0.373 e. The Hall–Kier alpha value is -1.37. The number of alkyl halides is 1. The van der Waals surface area contributed by atoms with Crippen LogP contribution in [-0.2, 0) is 4.74 Å². The highest BCUT2D eigenvalue weighted by atomic mass is 35.5. The van der Waals surface area contributed by atoms with Gasteiger partial charge in [-0.3, -0.25) is 14.9 Å². The molecule has 0 aromatic heterocycles. The second kappa shape index (κ2) is 6.39. The fourth-order valence-electron chi connectivity index (χ4n) is 2.00. The van der Waals surface area contributed by atoms with Crippen LogP contribution in [-0.4, -0.2) is 47.4 Å². The van der Waals surface area contributed by atoms with Gasteiger partial charge < -0.3 is 9.64 Å². The Morgan fingerprint density at radius 3 is 2.95 bits per heavy atom. The molecule has 1 unspecified atom stereocenters. The highest BCUT2D eigenvalue weighted by molar-refractivity contribution is 6.31. The van der Waals surface area contributed by atoms with E-state index in [0.717, 1.165) is 0 Å². The van der Waals surface area contributed by atoms with E-state index in [1.54, 1.807) is 0 Å². The summed E-state index contributed by atoms with van der Waals surface area (Å²) < 4.78 is 5.36. The summed E-state index contributed by atoms with van der Waals surface area (Å²) in [4.78, 5) is 24.3. The smallest absolute Gasteiger partial charge is 0.283 e. The maximum atomic E-state index is 12.4. The van der Waals surface area contributed by atoms with E-state index in [0.29, 0.717) is 19.7 Å². The van der Waals surface area contributed by atoms with E-state index < -0.39 is 10.8 Å². The highest BCUT2D eigenvalue weighted by Gasteiger charge is 2.29. The van der Waals surface area contributed by atoms with Crippen LogP contribution in [0.2, 0.25) is 5.02 Å². The van der Waals surface area contributed by atoms with E-state index in [9.17, 15) is 14.9 Å². The maximum absolute atomic E-state index is 12.4. The van der Waals surface area contributed by atoms with Crippen LogP contribution in [0.3, 0.4) is 0 Å². The van der Waals surface area contributed by atoms with Crippen molar-refractivity contribution in [1.29, 1.82) is 0 Å². The molecule has 1 aromatic carbocycles. The first-order chi connectivity index (χ1) is 9.52. The molecule has 1 aromatic rings. The van der Waals surface area contributed by atoms with Gasteiger partial charge in [0.15, 0.2) is 0 Å². The first-order valence-electron chi connectivity index (χ1n) is 5.93. The molecule has 108 valence electrons. The van der Waals surface area contributed by atoms with Crippen LogP contribution in [0.4, 0.5) is 5.69 Å². The van der Waals surface area contributed by atoms with E-state index >= 15 is 0 Å². The molecule has 6 nitrogen and oxygen atoms in total. The number of carbonyl (C=O) groups excluding carboxylic acids is 1. The van der Waals surface area contributed by atoms with Gasteiger partial charge in [0.2, 0.25) is 0 Å². The Bertz CT molecular complexity index is 538. The lowest BCUT2D eigenvalue weighted by Gasteiger charge is -2.31. The van der Waals surface area contributed by atoms with Gasteiger partial charge in [0.05, 0.1) is 23.5 Å². The van der Waals surface area contributed by atoms with Gasteiger partial charge in [0, 0.05) is 24.2 Å². The molecule has 8 heteroatoms. The van der Waals surface area contributed by atoms with Gasteiger partial charge in [-0.05, 0) is 12.1 Å². The van der Waals surface area contributed by atoms with Crippen molar-refractivity contribution in [2.45, 2.75) is 6.10 Å². The van der Waals surface area contributed by atoms with E-state index in [1.165, 1.54) is 23.1 Å². The predicted molar refractivity (Wildman–Crippen MR) is 74.5 cm³/mol. The van der Waals surface area contributed by atoms with Crippen LogP contribution in [0.1, 0.15) is 10.4 Å². The summed E-state index contributed by atoms with van der Waals surface area (Å²) in [6, 6.07) is 4.00. The van der Waals surface area contributed by atoms with Crippen molar-refractivity contribution < 1.29 is 14.5 Å². The molecule has 0 aliphatic carbocycles. The molecule has 1 heterocycles. The van der Waals surface area contributed by atoms with Crippen molar-refractivity contribution in [1.82, 2.24) is 4.90 Å². The van der Waals surface area contributed by atoms with Crippen molar-refractivity contribution in [3.05, 3.63) is 38.9 Å². The monoisotopic (exact) mass is 318 g/mol. The Kier molecular flexibility index (Phi) is 4.80. The molecule has 2 rings (SSSR count). The summed E-state index contributed by atoms with van der Waals surface area (Å²) in [6.45, 7) is 1.07. The van der Waals surface area contributed by atoms with Crippen molar-refractivity contribution in [2.75, 3.05) is 25.6 Å². The topological polar surface area (TPSA) is 72.7 Å². The zero-order valence-electron chi connectivity index (χ0n) is 10.4. The fraction of sp³-hybridized carbons (Fsp3) is 0.417. The second-order valence-corrected chi connectivity index (χ2v) is 5.06. The minimum absolute atomic E-state index is 0.0228. The van der Waals surface area contributed by atoms with Gasteiger partial charge in [-0.1, -0.05) is 11.6 Å². The molecule has 0 N–H and O–H groups in total. The van der Waals surface area contributed by atoms with Gasteiger partial charge >= 0.3 is 0 Å². The molecular formula is C12H12Cl2N2O4. The molecule has 1 amide bonds. The number of ether oxygens (including phenoxy) is 1. The Balaban J connectivity index is 2.27. The number of nitro groups is 1. The van der Waals surface area contributed by atoms with Crippen LogP contribution >= 0.6 is 23.2 Å². The second-order valence-electron chi connectivity index (χ2n) is 4.32. The van der Waals surface area contributed by atoms with Gasteiger partial charge in [-0.25, -0.2) is 0 Å². The number of nitro benzene ring substituents is 1. The third-order valence-electron chi connectivity index (χ3n) is 2.98. The Morgan fingerprint density at radius 1 is 1.55 bits per heavy atom. The van der Waals surface area contributed by atoms with E-state index in [4.69, 9.17) is 27.9 Å². The molecule has 1 atom stereocenters. The first-order valence-corrected chi connectivity index (χ1v) is 6.85. The summed E-state index contributed by atoms with van der Waals surface area (Å²) >= 11 is 11.4. The Morgan fingerprint density at radius 2 is 2.30 bits per heavy atom. The van der Waals surface area contributed by atoms with E-state index in [1.807, 2.05) is 0 Å². The number of rotatable bonds is 3. The average Bonchev–Trinajstić information content (AvgIpc) is 2.46. The predicted octanol–water partition coefficient (Wildman–Crippen LogP) is 2.33. The molecule has 0 radical (unpaired) electrons. The zero-order valence-corrected chi connectivity index (χ0v) is 11.9. The molecule has 1 aliphatic rings. The average molecular weight is 319 g/mol. The van der Waals surface area contributed by atoms with Crippen LogP contribution in [0.15, 0.2) is 18.2 Å². The molecule has 0 spiro atoms. The summed E-state index contributed by atoms with van der Waals surface area (Å²) in [5.41, 5.74) is -0.272. The van der Waals surface area contributed by atoms with Crippen LogP contribution in [0.25, 0.3) is 0 Å². The van der Waals surface area contributed by atoms with E-state index in [2.05, 4.69) is 0 Å². The molecular weight excluding hydrogens is 307 g/mol. The standard InChI is InChI=1S/C12H12Cl2N2O4/c13-6-9-7-15(3-4-20-9)12(17)10-2-1-8(14)5-11(10)16(18)19/h1-2,5,9H,3-4,6-7H2. The van der Waals surface area contributed by atoms with E-state index in [-0.39, 0.29) is 28.3 Å².